The summed E-state index contributed by atoms with van der Waals surface area (Å²) in [7, 11) is 1.77. The number of rotatable bonds is 3. The van der Waals surface area contributed by atoms with Crippen LogP contribution in [0.25, 0.3) is 11.3 Å². The van der Waals surface area contributed by atoms with Crippen LogP contribution in [-0.4, -0.2) is 20.7 Å². The smallest absolute Gasteiger partial charge is 0.270 e. The maximum Gasteiger partial charge on any atom is 0.270 e. The summed E-state index contributed by atoms with van der Waals surface area (Å²) in [6, 6.07) is 14.1. The van der Waals surface area contributed by atoms with Crippen LogP contribution in [0.4, 0.5) is 0 Å². The Bertz CT molecular complexity index is 885. The van der Waals surface area contributed by atoms with Crippen molar-refractivity contribution in [1.82, 2.24) is 20.1 Å². The highest BCUT2D eigenvalue weighted by atomic mass is 16.2. The van der Waals surface area contributed by atoms with E-state index >= 15 is 0 Å². The first-order valence-electron chi connectivity index (χ1n) is 8.05. The van der Waals surface area contributed by atoms with E-state index in [0.29, 0.717) is 5.69 Å². The minimum atomic E-state index is -0.0818. The minimum absolute atomic E-state index is 0.0557. The second-order valence-corrected chi connectivity index (χ2v) is 6.03. The number of fused-ring (bicyclic) bond motifs is 1. The molecule has 120 valence electrons. The highest BCUT2D eigenvalue weighted by molar-refractivity contribution is 5.92. The Kier molecular flexibility index (Phi) is 3.61. The molecule has 1 aliphatic carbocycles. The SMILES string of the molecule is Cn1nccc1C(=O)NC1CCc2cc(-c3ccccn3)ccc21. The molecular formula is C19H18N4O. The van der Waals surface area contributed by atoms with Crippen LogP contribution in [0.1, 0.15) is 34.1 Å². The molecule has 0 saturated heterocycles. The van der Waals surface area contributed by atoms with Gasteiger partial charge in [-0.25, -0.2) is 0 Å². The largest absolute Gasteiger partial charge is 0.344 e. The van der Waals surface area contributed by atoms with Crippen LogP contribution in [0.5, 0.6) is 0 Å². The first kappa shape index (κ1) is 14.6. The summed E-state index contributed by atoms with van der Waals surface area (Å²) in [6.45, 7) is 0. The average Bonchev–Trinajstić information content (AvgIpc) is 3.21. The van der Waals surface area contributed by atoms with Gasteiger partial charge in [0.2, 0.25) is 0 Å². The van der Waals surface area contributed by atoms with Gasteiger partial charge in [-0.1, -0.05) is 18.2 Å². The highest BCUT2D eigenvalue weighted by Crippen LogP contribution is 2.34. The van der Waals surface area contributed by atoms with Crippen molar-refractivity contribution >= 4 is 5.91 Å². The Morgan fingerprint density at radius 1 is 1.21 bits per heavy atom. The molecule has 0 bridgehead atoms. The summed E-state index contributed by atoms with van der Waals surface area (Å²) in [5.74, 6) is -0.0818. The number of nitrogens with zero attached hydrogens (tertiary/aromatic N) is 3. The van der Waals surface area contributed by atoms with Gasteiger partial charge in [0.15, 0.2) is 0 Å². The van der Waals surface area contributed by atoms with E-state index in [0.717, 1.165) is 24.1 Å². The fourth-order valence-electron chi connectivity index (χ4n) is 3.29. The predicted molar refractivity (Wildman–Crippen MR) is 91.4 cm³/mol. The van der Waals surface area contributed by atoms with Crippen LogP contribution < -0.4 is 5.32 Å². The van der Waals surface area contributed by atoms with E-state index in [9.17, 15) is 4.79 Å². The zero-order chi connectivity index (χ0) is 16.5. The van der Waals surface area contributed by atoms with Crippen LogP contribution in [0.3, 0.4) is 0 Å². The molecule has 2 aromatic heterocycles. The summed E-state index contributed by atoms with van der Waals surface area (Å²) >= 11 is 0. The zero-order valence-electron chi connectivity index (χ0n) is 13.4. The van der Waals surface area contributed by atoms with Gasteiger partial charge in [0, 0.05) is 25.0 Å². The van der Waals surface area contributed by atoms with Crippen molar-refractivity contribution in [3.8, 4) is 11.3 Å². The molecule has 4 rings (SSSR count). The number of benzene rings is 1. The standard InChI is InChI=1S/C19H18N4O/c1-23-18(9-11-21-23)19(24)22-17-8-6-13-12-14(5-7-15(13)17)16-4-2-3-10-20-16/h2-5,7,9-12,17H,6,8H2,1H3,(H,22,24). The molecule has 0 saturated carbocycles. The number of carbonyl (C=O) groups excluding carboxylic acids is 1. The Morgan fingerprint density at radius 2 is 2.12 bits per heavy atom. The third kappa shape index (κ3) is 2.58. The molecule has 5 nitrogen and oxygen atoms in total. The molecule has 0 aliphatic heterocycles. The molecule has 1 N–H and O–H groups in total. The van der Waals surface area contributed by atoms with E-state index in [4.69, 9.17) is 0 Å². The molecule has 1 aliphatic rings. The Hall–Kier alpha value is -2.95. The number of aryl methyl sites for hydroxylation is 2. The van der Waals surface area contributed by atoms with Crippen LogP contribution >= 0.6 is 0 Å². The van der Waals surface area contributed by atoms with E-state index in [-0.39, 0.29) is 11.9 Å². The van der Waals surface area contributed by atoms with Gasteiger partial charge >= 0.3 is 0 Å². The van der Waals surface area contributed by atoms with Gasteiger partial charge in [-0.15, -0.1) is 0 Å². The maximum atomic E-state index is 12.4. The number of carbonyl (C=O) groups is 1. The van der Waals surface area contributed by atoms with Crippen LogP contribution in [0, 0.1) is 0 Å². The lowest BCUT2D eigenvalue weighted by atomic mass is 10.0. The van der Waals surface area contributed by atoms with Gasteiger partial charge in [-0.05, 0) is 48.2 Å². The van der Waals surface area contributed by atoms with Crippen molar-refractivity contribution < 1.29 is 4.79 Å². The van der Waals surface area contributed by atoms with Gasteiger partial charge in [-0.2, -0.15) is 5.10 Å². The Morgan fingerprint density at radius 3 is 2.88 bits per heavy atom. The fourth-order valence-corrected chi connectivity index (χ4v) is 3.29. The van der Waals surface area contributed by atoms with Gasteiger partial charge in [0.25, 0.3) is 5.91 Å². The third-order valence-corrected chi connectivity index (χ3v) is 4.54. The van der Waals surface area contributed by atoms with Crippen molar-refractivity contribution in [3.63, 3.8) is 0 Å². The van der Waals surface area contributed by atoms with Gasteiger partial charge in [0.05, 0.1) is 11.7 Å². The fraction of sp³-hybridized carbons (Fsp3) is 0.211. The number of hydrogen-bond donors (Lipinski definition) is 1. The van der Waals surface area contributed by atoms with Gasteiger partial charge in [0.1, 0.15) is 5.69 Å². The summed E-state index contributed by atoms with van der Waals surface area (Å²) in [4.78, 5) is 16.8. The van der Waals surface area contributed by atoms with Gasteiger partial charge in [-0.3, -0.25) is 14.5 Å². The summed E-state index contributed by atoms with van der Waals surface area (Å²) in [5, 5.41) is 7.17. The van der Waals surface area contributed by atoms with Crippen molar-refractivity contribution in [2.45, 2.75) is 18.9 Å². The number of nitrogens with one attached hydrogen (secondary N) is 1. The number of aromatic nitrogens is 3. The molecule has 1 amide bonds. The molecule has 0 radical (unpaired) electrons. The van der Waals surface area contributed by atoms with Gasteiger partial charge < -0.3 is 5.32 Å². The van der Waals surface area contributed by atoms with Crippen LogP contribution in [-0.2, 0) is 13.5 Å². The van der Waals surface area contributed by atoms with E-state index in [2.05, 4.69) is 33.6 Å². The predicted octanol–water partition coefficient (Wildman–Crippen LogP) is 2.90. The first-order valence-corrected chi connectivity index (χ1v) is 8.05. The van der Waals surface area contributed by atoms with Crippen molar-refractivity contribution in [3.05, 3.63) is 71.7 Å². The normalized spacial score (nSPS) is 16.0. The van der Waals surface area contributed by atoms with E-state index in [1.54, 1.807) is 30.2 Å². The lowest BCUT2D eigenvalue weighted by molar-refractivity contribution is 0.0927. The van der Waals surface area contributed by atoms with E-state index < -0.39 is 0 Å². The van der Waals surface area contributed by atoms with Crippen molar-refractivity contribution in [1.29, 1.82) is 0 Å². The minimum Gasteiger partial charge on any atom is -0.344 e. The summed E-state index contributed by atoms with van der Waals surface area (Å²) in [6.07, 6.45) is 5.33. The molecule has 0 fully saturated rings. The lowest BCUT2D eigenvalue weighted by Gasteiger charge is -2.14. The van der Waals surface area contributed by atoms with Crippen LogP contribution in [0.15, 0.2) is 54.9 Å². The molecule has 2 heterocycles. The van der Waals surface area contributed by atoms with Crippen molar-refractivity contribution in [2.24, 2.45) is 7.05 Å². The molecule has 1 aromatic carbocycles. The quantitative estimate of drug-likeness (QED) is 0.808. The molecule has 3 aromatic rings. The second kappa shape index (κ2) is 5.92. The Labute approximate surface area is 140 Å². The number of amides is 1. The highest BCUT2D eigenvalue weighted by Gasteiger charge is 2.25. The topological polar surface area (TPSA) is 59.8 Å². The van der Waals surface area contributed by atoms with E-state index in [1.807, 2.05) is 18.2 Å². The van der Waals surface area contributed by atoms with Crippen LogP contribution in [0.2, 0.25) is 0 Å². The number of pyridine rings is 1. The molecule has 1 atom stereocenters. The van der Waals surface area contributed by atoms with E-state index in [1.165, 1.54) is 11.1 Å². The van der Waals surface area contributed by atoms with Crippen molar-refractivity contribution in [2.75, 3.05) is 0 Å². The lowest BCUT2D eigenvalue weighted by Crippen LogP contribution is -2.28. The summed E-state index contributed by atoms with van der Waals surface area (Å²) < 4.78 is 1.59. The number of hydrogen-bond acceptors (Lipinski definition) is 3. The molecule has 1 unspecified atom stereocenters. The molecular weight excluding hydrogens is 300 g/mol. The molecule has 0 spiro atoms. The molecule has 24 heavy (non-hydrogen) atoms. The second-order valence-electron chi connectivity index (χ2n) is 6.03. The average molecular weight is 318 g/mol. The maximum absolute atomic E-state index is 12.4. The summed E-state index contributed by atoms with van der Waals surface area (Å²) in [5.41, 5.74) is 5.16. The Balaban J connectivity index is 1.57. The third-order valence-electron chi connectivity index (χ3n) is 4.54. The molecule has 5 heteroatoms. The monoisotopic (exact) mass is 318 g/mol. The zero-order valence-corrected chi connectivity index (χ0v) is 13.4. The first-order chi connectivity index (χ1) is 11.7.